The molecule has 0 heterocycles. The van der Waals surface area contributed by atoms with E-state index in [-0.39, 0.29) is 12.2 Å². The molecule has 4 heteroatoms. The van der Waals surface area contributed by atoms with Crippen molar-refractivity contribution in [1.29, 1.82) is 5.26 Å². The third-order valence-corrected chi connectivity index (χ3v) is 3.17. The SMILES string of the molecule is CCOc1ccc(C(=O)CC#N)cc1NCc1ccccc1. The van der Waals surface area contributed by atoms with Gasteiger partial charge < -0.3 is 10.1 Å². The fraction of sp³-hybridized carbons (Fsp3) is 0.222. The van der Waals surface area contributed by atoms with Crippen molar-refractivity contribution in [3.63, 3.8) is 0 Å². The lowest BCUT2D eigenvalue weighted by Crippen LogP contribution is -2.05. The van der Waals surface area contributed by atoms with Crippen LogP contribution in [0.3, 0.4) is 0 Å². The first-order valence-electron chi connectivity index (χ1n) is 7.19. The van der Waals surface area contributed by atoms with Gasteiger partial charge in [0, 0.05) is 12.1 Å². The largest absolute Gasteiger partial charge is 0.492 e. The molecule has 112 valence electrons. The van der Waals surface area contributed by atoms with Crippen molar-refractivity contribution in [3.05, 3.63) is 59.7 Å². The van der Waals surface area contributed by atoms with Gasteiger partial charge in [0.2, 0.25) is 0 Å². The molecule has 0 amide bonds. The molecular weight excluding hydrogens is 276 g/mol. The van der Waals surface area contributed by atoms with E-state index in [4.69, 9.17) is 10.00 Å². The van der Waals surface area contributed by atoms with E-state index in [0.29, 0.717) is 24.5 Å². The van der Waals surface area contributed by atoms with Gasteiger partial charge in [-0.15, -0.1) is 0 Å². The van der Waals surface area contributed by atoms with E-state index in [0.717, 1.165) is 11.3 Å². The second kappa shape index (κ2) is 7.84. The molecule has 0 aromatic heterocycles. The Morgan fingerprint density at radius 1 is 1.23 bits per heavy atom. The van der Waals surface area contributed by atoms with Gasteiger partial charge in [-0.25, -0.2) is 0 Å². The highest BCUT2D eigenvalue weighted by atomic mass is 16.5. The molecule has 0 aliphatic carbocycles. The minimum Gasteiger partial charge on any atom is -0.492 e. The number of nitrogens with one attached hydrogen (secondary N) is 1. The van der Waals surface area contributed by atoms with Gasteiger partial charge >= 0.3 is 0 Å². The van der Waals surface area contributed by atoms with Crippen molar-refractivity contribution in [1.82, 2.24) is 0 Å². The van der Waals surface area contributed by atoms with Gasteiger partial charge in [0.25, 0.3) is 0 Å². The maximum absolute atomic E-state index is 11.8. The van der Waals surface area contributed by atoms with Crippen molar-refractivity contribution in [2.45, 2.75) is 19.9 Å². The molecule has 0 fully saturated rings. The summed E-state index contributed by atoms with van der Waals surface area (Å²) in [5.41, 5.74) is 2.41. The molecule has 2 rings (SSSR count). The molecule has 0 unspecified atom stereocenters. The standard InChI is InChI=1S/C18H18N2O2/c1-2-22-18-9-8-15(17(21)10-11-19)12-16(18)20-13-14-6-4-3-5-7-14/h3-9,12,20H,2,10,13H2,1H3. The normalized spacial score (nSPS) is 9.82. The molecule has 0 aliphatic rings. The zero-order valence-corrected chi connectivity index (χ0v) is 12.5. The molecule has 0 atom stereocenters. The van der Waals surface area contributed by atoms with E-state index in [1.54, 1.807) is 18.2 Å². The van der Waals surface area contributed by atoms with Gasteiger partial charge in [-0.1, -0.05) is 30.3 Å². The number of rotatable bonds is 7. The first-order valence-corrected chi connectivity index (χ1v) is 7.19. The van der Waals surface area contributed by atoms with Gasteiger partial charge in [-0.2, -0.15) is 5.26 Å². The highest BCUT2D eigenvalue weighted by Gasteiger charge is 2.10. The highest BCUT2D eigenvalue weighted by molar-refractivity contribution is 5.98. The number of carbonyl (C=O) groups excluding carboxylic acids is 1. The molecule has 2 aromatic carbocycles. The molecule has 0 saturated heterocycles. The fourth-order valence-electron chi connectivity index (χ4n) is 2.09. The fourth-order valence-corrected chi connectivity index (χ4v) is 2.09. The van der Waals surface area contributed by atoms with Crippen LogP contribution in [-0.2, 0) is 6.54 Å². The number of anilines is 1. The molecule has 0 saturated carbocycles. The van der Waals surface area contributed by atoms with Crippen LogP contribution in [0.15, 0.2) is 48.5 Å². The zero-order chi connectivity index (χ0) is 15.8. The number of ketones is 1. The molecular formula is C18H18N2O2. The van der Waals surface area contributed by atoms with E-state index < -0.39 is 0 Å². The third-order valence-electron chi connectivity index (χ3n) is 3.17. The monoisotopic (exact) mass is 294 g/mol. The van der Waals surface area contributed by atoms with Crippen LogP contribution >= 0.6 is 0 Å². The van der Waals surface area contributed by atoms with Crippen molar-refractivity contribution in [2.24, 2.45) is 0 Å². The zero-order valence-electron chi connectivity index (χ0n) is 12.5. The van der Waals surface area contributed by atoms with E-state index >= 15 is 0 Å². The number of nitriles is 1. The summed E-state index contributed by atoms with van der Waals surface area (Å²) in [4.78, 5) is 11.8. The number of nitrogens with zero attached hydrogens (tertiary/aromatic N) is 1. The van der Waals surface area contributed by atoms with Crippen LogP contribution in [0.1, 0.15) is 29.3 Å². The van der Waals surface area contributed by atoms with Gasteiger partial charge in [0.1, 0.15) is 5.75 Å². The Kier molecular flexibility index (Phi) is 5.56. The van der Waals surface area contributed by atoms with E-state index in [2.05, 4.69) is 5.32 Å². The number of carbonyl (C=O) groups is 1. The predicted molar refractivity (Wildman–Crippen MR) is 85.9 cm³/mol. The van der Waals surface area contributed by atoms with Crippen molar-refractivity contribution >= 4 is 11.5 Å². The summed E-state index contributed by atoms with van der Waals surface area (Å²) in [7, 11) is 0. The third kappa shape index (κ3) is 4.10. The topological polar surface area (TPSA) is 62.1 Å². The minimum absolute atomic E-state index is 0.119. The summed E-state index contributed by atoms with van der Waals surface area (Å²) >= 11 is 0. The second-order valence-electron chi connectivity index (χ2n) is 4.74. The van der Waals surface area contributed by atoms with Gasteiger partial charge in [0.05, 0.1) is 24.8 Å². The van der Waals surface area contributed by atoms with Crippen LogP contribution in [0.25, 0.3) is 0 Å². The van der Waals surface area contributed by atoms with E-state index in [9.17, 15) is 4.79 Å². The van der Waals surface area contributed by atoms with Gasteiger partial charge in [0.15, 0.2) is 5.78 Å². The summed E-state index contributed by atoms with van der Waals surface area (Å²) < 4.78 is 5.58. The number of hydrogen-bond donors (Lipinski definition) is 1. The Morgan fingerprint density at radius 2 is 2.00 bits per heavy atom. The summed E-state index contributed by atoms with van der Waals surface area (Å²) in [6.45, 7) is 3.10. The Morgan fingerprint density at radius 3 is 2.68 bits per heavy atom. The van der Waals surface area contributed by atoms with Gasteiger partial charge in [-0.05, 0) is 30.7 Å². The van der Waals surface area contributed by atoms with Crippen molar-refractivity contribution < 1.29 is 9.53 Å². The summed E-state index contributed by atoms with van der Waals surface area (Å²) in [5, 5.41) is 11.9. The van der Waals surface area contributed by atoms with Crippen LogP contribution in [-0.4, -0.2) is 12.4 Å². The minimum atomic E-state index is -0.187. The Balaban J connectivity index is 2.20. The molecule has 0 aliphatic heterocycles. The van der Waals surface area contributed by atoms with E-state index in [1.807, 2.05) is 43.3 Å². The van der Waals surface area contributed by atoms with Crippen LogP contribution in [0.4, 0.5) is 5.69 Å². The average Bonchev–Trinajstić information content (AvgIpc) is 2.55. The smallest absolute Gasteiger partial charge is 0.176 e. The molecule has 4 nitrogen and oxygen atoms in total. The molecule has 0 radical (unpaired) electrons. The van der Waals surface area contributed by atoms with Crippen molar-refractivity contribution in [2.75, 3.05) is 11.9 Å². The predicted octanol–water partition coefficient (Wildman–Crippen LogP) is 3.79. The number of Topliss-reactive ketones (excluding diaryl/α,β-unsaturated/α-hetero) is 1. The number of hydrogen-bond acceptors (Lipinski definition) is 4. The first-order chi connectivity index (χ1) is 10.7. The molecule has 22 heavy (non-hydrogen) atoms. The van der Waals surface area contributed by atoms with E-state index in [1.165, 1.54) is 0 Å². The van der Waals surface area contributed by atoms with Crippen LogP contribution in [0.2, 0.25) is 0 Å². The molecule has 1 N–H and O–H groups in total. The molecule has 0 spiro atoms. The van der Waals surface area contributed by atoms with Crippen molar-refractivity contribution in [3.8, 4) is 11.8 Å². The highest BCUT2D eigenvalue weighted by Crippen LogP contribution is 2.27. The molecule has 2 aromatic rings. The quantitative estimate of drug-likeness (QED) is 0.789. The Hall–Kier alpha value is -2.80. The summed E-state index contributed by atoms with van der Waals surface area (Å²) in [6, 6.07) is 17.1. The maximum atomic E-state index is 11.8. The Bertz CT molecular complexity index is 675. The molecule has 0 bridgehead atoms. The lowest BCUT2D eigenvalue weighted by molar-refractivity contribution is 0.0997. The second-order valence-corrected chi connectivity index (χ2v) is 4.74. The summed E-state index contributed by atoms with van der Waals surface area (Å²) in [5.74, 6) is 0.514. The first kappa shape index (κ1) is 15.6. The lowest BCUT2D eigenvalue weighted by atomic mass is 10.1. The Labute approximate surface area is 130 Å². The maximum Gasteiger partial charge on any atom is 0.176 e. The average molecular weight is 294 g/mol. The van der Waals surface area contributed by atoms with Gasteiger partial charge in [-0.3, -0.25) is 4.79 Å². The van der Waals surface area contributed by atoms with Crippen LogP contribution in [0.5, 0.6) is 5.75 Å². The number of benzene rings is 2. The van der Waals surface area contributed by atoms with Crippen LogP contribution < -0.4 is 10.1 Å². The summed E-state index contributed by atoms with van der Waals surface area (Å²) in [6.07, 6.45) is -0.119. The lowest BCUT2D eigenvalue weighted by Gasteiger charge is -2.13. The van der Waals surface area contributed by atoms with Crippen LogP contribution in [0, 0.1) is 11.3 Å². The number of ether oxygens (including phenoxy) is 1.